The van der Waals surface area contributed by atoms with Gasteiger partial charge in [-0.15, -0.1) is 0 Å². The van der Waals surface area contributed by atoms with Gasteiger partial charge >= 0.3 is 0 Å². The standard InChI is InChI=1S/C13H10Cl2N4O2/c14-6-2-1-3-7(15)9(6)5-4-8(20)17-11-10(5)12(21)19-13(16)18-11/h1-3,5H,4H2,(H4,16,17,18,19,20,21). The molecule has 2 heterocycles. The number of fused-ring (bicyclic) bond motifs is 1. The Labute approximate surface area is 129 Å². The second-order valence-corrected chi connectivity index (χ2v) is 5.47. The zero-order valence-corrected chi connectivity index (χ0v) is 12.1. The molecule has 0 bridgehead atoms. The van der Waals surface area contributed by atoms with Crippen molar-refractivity contribution in [2.75, 3.05) is 11.1 Å². The number of carbonyl (C=O) groups is 1. The van der Waals surface area contributed by atoms with E-state index in [1.54, 1.807) is 18.2 Å². The van der Waals surface area contributed by atoms with Crippen LogP contribution in [0.25, 0.3) is 0 Å². The van der Waals surface area contributed by atoms with E-state index in [-0.39, 0.29) is 24.1 Å². The number of carbonyl (C=O) groups excluding carboxylic acids is 1. The summed E-state index contributed by atoms with van der Waals surface area (Å²) in [5, 5.41) is 3.33. The van der Waals surface area contributed by atoms with Crippen molar-refractivity contribution >= 4 is 40.9 Å². The third kappa shape index (κ3) is 2.36. The van der Waals surface area contributed by atoms with Crippen molar-refractivity contribution in [2.45, 2.75) is 12.3 Å². The number of nitrogen functional groups attached to an aromatic ring is 1. The predicted molar refractivity (Wildman–Crippen MR) is 80.8 cm³/mol. The average Bonchev–Trinajstić information content (AvgIpc) is 2.36. The normalized spacial score (nSPS) is 17.2. The molecule has 4 N–H and O–H groups in total. The van der Waals surface area contributed by atoms with Crippen LogP contribution in [0, 0.1) is 0 Å². The molecular formula is C13H10Cl2N4O2. The molecular weight excluding hydrogens is 315 g/mol. The van der Waals surface area contributed by atoms with Crippen molar-refractivity contribution in [2.24, 2.45) is 0 Å². The Balaban J connectivity index is 2.27. The van der Waals surface area contributed by atoms with Gasteiger partial charge in [-0.25, -0.2) is 0 Å². The number of nitrogens with one attached hydrogen (secondary N) is 2. The van der Waals surface area contributed by atoms with Crippen LogP contribution < -0.4 is 16.6 Å². The highest BCUT2D eigenvalue weighted by atomic mass is 35.5. The number of halogens is 2. The Morgan fingerprint density at radius 2 is 1.86 bits per heavy atom. The number of anilines is 2. The molecule has 1 unspecified atom stereocenters. The van der Waals surface area contributed by atoms with Crippen LogP contribution in [-0.2, 0) is 4.79 Å². The van der Waals surface area contributed by atoms with Crippen molar-refractivity contribution in [1.82, 2.24) is 9.97 Å². The van der Waals surface area contributed by atoms with E-state index in [2.05, 4.69) is 15.3 Å². The average molecular weight is 325 g/mol. The molecule has 1 aliphatic heterocycles. The number of nitrogens with two attached hydrogens (primary N) is 1. The number of amides is 1. The van der Waals surface area contributed by atoms with E-state index < -0.39 is 11.5 Å². The Kier molecular flexibility index (Phi) is 3.35. The minimum atomic E-state index is -0.563. The number of benzene rings is 1. The molecule has 6 nitrogen and oxygen atoms in total. The van der Waals surface area contributed by atoms with Crippen molar-refractivity contribution in [1.29, 1.82) is 0 Å². The topological polar surface area (TPSA) is 101 Å². The van der Waals surface area contributed by atoms with Crippen molar-refractivity contribution in [3.05, 3.63) is 49.7 Å². The summed E-state index contributed by atoms with van der Waals surface area (Å²) in [7, 11) is 0. The summed E-state index contributed by atoms with van der Waals surface area (Å²) in [5.41, 5.74) is 5.92. The smallest absolute Gasteiger partial charge is 0.258 e. The summed E-state index contributed by atoms with van der Waals surface area (Å²) in [5.74, 6) is -0.758. The second-order valence-electron chi connectivity index (χ2n) is 4.65. The van der Waals surface area contributed by atoms with Crippen molar-refractivity contribution in [3.63, 3.8) is 0 Å². The molecule has 1 atom stereocenters. The van der Waals surface area contributed by atoms with E-state index in [9.17, 15) is 9.59 Å². The highest BCUT2D eigenvalue weighted by Crippen LogP contribution is 2.40. The summed E-state index contributed by atoms with van der Waals surface area (Å²) in [6, 6.07) is 5.02. The van der Waals surface area contributed by atoms with Crippen LogP contribution in [0.4, 0.5) is 11.8 Å². The van der Waals surface area contributed by atoms with Crippen LogP contribution >= 0.6 is 23.2 Å². The third-order valence-corrected chi connectivity index (χ3v) is 3.98. The largest absolute Gasteiger partial charge is 0.369 e. The zero-order chi connectivity index (χ0) is 15.1. The Bertz CT molecular complexity index is 783. The van der Waals surface area contributed by atoms with Crippen LogP contribution in [0.3, 0.4) is 0 Å². The number of H-pyrrole nitrogens is 1. The fourth-order valence-corrected chi connectivity index (χ4v) is 3.14. The Hall–Kier alpha value is -2.05. The molecule has 0 fully saturated rings. The van der Waals surface area contributed by atoms with Gasteiger partial charge in [0.25, 0.3) is 5.56 Å². The van der Waals surface area contributed by atoms with Gasteiger partial charge in [0, 0.05) is 22.4 Å². The van der Waals surface area contributed by atoms with E-state index in [1.165, 1.54) is 0 Å². The maximum absolute atomic E-state index is 12.2. The summed E-state index contributed by atoms with van der Waals surface area (Å²) >= 11 is 12.4. The fourth-order valence-electron chi connectivity index (χ4n) is 2.48. The third-order valence-electron chi connectivity index (χ3n) is 3.32. The van der Waals surface area contributed by atoms with Gasteiger partial charge in [0.15, 0.2) is 0 Å². The minimum Gasteiger partial charge on any atom is -0.369 e. The molecule has 0 aliphatic carbocycles. The lowest BCUT2D eigenvalue weighted by molar-refractivity contribution is -0.116. The van der Waals surface area contributed by atoms with Crippen LogP contribution in [0.1, 0.15) is 23.5 Å². The molecule has 1 aromatic heterocycles. The monoisotopic (exact) mass is 324 g/mol. The molecule has 0 saturated carbocycles. The van der Waals surface area contributed by atoms with E-state index >= 15 is 0 Å². The lowest BCUT2D eigenvalue weighted by Gasteiger charge is -2.25. The number of rotatable bonds is 1. The number of aromatic amines is 1. The maximum atomic E-state index is 12.2. The number of hydrogen-bond donors (Lipinski definition) is 3. The first-order valence-corrected chi connectivity index (χ1v) is 6.86. The maximum Gasteiger partial charge on any atom is 0.258 e. The molecule has 1 aliphatic rings. The number of aromatic nitrogens is 2. The van der Waals surface area contributed by atoms with Gasteiger partial charge in [-0.05, 0) is 17.7 Å². The summed E-state index contributed by atoms with van der Waals surface area (Å²) in [6.45, 7) is 0. The molecule has 0 radical (unpaired) electrons. The lowest BCUT2D eigenvalue weighted by Crippen LogP contribution is -2.31. The number of nitrogens with zero attached hydrogens (tertiary/aromatic N) is 1. The first-order chi connectivity index (χ1) is 9.97. The SMILES string of the molecule is Nc1nc2c(c(=O)[nH]1)C(c1c(Cl)cccc1Cl)CC(=O)N2. The molecule has 2 aromatic rings. The van der Waals surface area contributed by atoms with Gasteiger partial charge in [0.05, 0.1) is 5.56 Å². The van der Waals surface area contributed by atoms with Crippen LogP contribution in [0.15, 0.2) is 23.0 Å². The molecule has 108 valence electrons. The predicted octanol–water partition coefficient (Wildman–Crippen LogP) is 2.13. The molecule has 1 amide bonds. The van der Waals surface area contributed by atoms with E-state index in [1.807, 2.05) is 0 Å². The fraction of sp³-hybridized carbons (Fsp3) is 0.154. The highest BCUT2D eigenvalue weighted by Gasteiger charge is 2.33. The summed E-state index contributed by atoms with van der Waals surface area (Å²) in [4.78, 5) is 30.4. The van der Waals surface area contributed by atoms with Gasteiger partial charge in [-0.2, -0.15) is 4.98 Å². The van der Waals surface area contributed by atoms with E-state index in [4.69, 9.17) is 28.9 Å². The van der Waals surface area contributed by atoms with E-state index in [0.29, 0.717) is 21.2 Å². The second kappa shape index (κ2) is 5.05. The molecule has 3 rings (SSSR count). The molecule has 21 heavy (non-hydrogen) atoms. The van der Waals surface area contributed by atoms with Gasteiger partial charge < -0.3 is 11.1 Å². The van der Waals surface area contributed by atoms with Gasteiger partial charge in [0.1, 0.15) is 5.82 Å². The summed E-state index contributed by atoms with van der Waals surface area (Å²) < 4.78 is 0. The van der Waals surface area contributed by atoms with Gasteiger partial charge in [-0.1, -0.05) is 29.3 Å². The lowest BCUT2D eigenvalue weighted by atomic mass is 9.86. The van der Waals surface area contributed by atoms with Crippen LogP contribution in [0.5, 0.6) is 0 Å². The first-order valence-electron chi connectivity index (χ1n) is 6.11. The van der Waals surface area contributed by atoms with Crippen molar-refractivity contribution < 1.29 is 4.79 Å². The summed E-state index contributed by atoms with van der Waals surface area (Å²) in [6.07, 6.45) is 0.0606. The zero-order valence-electron chi connectivity index (χ0n) is 10.6. The van der Waals surface area contributed by atoms with E-state index in [0.717, 1.165) is 0 Å². The van der Waals surface area contributed by atoms with Crippen molar-refractivity contribution in [3.8, 4) is 0 Å². The first kappa shape index (κ1) is 13.9. The van der Waals surface area contributed by atoms with Gasteiger partial charge in [0.2, 0.25) is 11.9 Å². The van der Waals surface area contributed by atoms with Crippen LogP contribution in [0.2, 0.25) is 10.0 Å². The van der Waals surface area contributed by atoms with Gasteiger partial charge in [-0.3, -0.25) is 14.6 Å². The quantitative estimate of drug-likeness (QED) is 0.747. The molecule has 0 spiro atoms. The Morgan fingerprint density at radius 1 is 1.19 bits per heavy atom. The van der Waals surface area contributed by atoms with Crippen LogP contribution in [-0.4, -0.2) is 15.9 Å². The minimum absolute atomic E-state index is 0.0606. The molecule has 0 saturated heterocycles. The highest BCUT2D eigenvalue weighted by molar-refractivity contribution is 6.36. The Morgan fingerprint density at radius 3 is 2.52 bits per heavy atom. The molecule has 8 heteroatoms. The number of hydrogen-bond acceptors (Lipinski definition) is 4. The molecule has 1 aromatic carbocycles.